The van der Waals surface area contributed by atoms with Gasteiger partial charge in [0.1, 0.15) is 11.3 Å². The molecule has 2 aromatic carbocycles. The fraction of sp³-hybridized carbons (Fsp3) is 0.0714. The summed E-state index contributed by atoms with van der Waals surface area (Å²) in [6.45, 7) is 0.245. The second-order valence-corrected chi connectivity index (χ2v) is 4.88. The normalized spacial score (nSPS) is 10.8. The first kappa shape index (κ1) is 12.0. The van der Waals surface area contributed by atoms with Crippen LogP contribution in [0.15, 0.2) is 51.4 Å². The number of hydrogen-bond donors (Lipinski definition) is 1. The number of nitrogen functional groups attached to an aromatic ring is 1. The minimum absolute atomic E-state index is 0.245. The van der Waals surface area contributed by atoms with Gasteiger partial charge < -0.3 is 14.9 Å². The minimum atomic E-state index is 0.245. The lowest BCUT2D eigenvalue weighted by atomic mass is 10.3. The molecule has 96 valence electrons. The second kappa shape index (κ2) is 4.93. The maximum absolute atomic E-state index is 5.80. The van der Waals surface area contributed by atoms with Crippen LogP contribution in [0.25, 0.3) is 11.1 Å². The molecule has 0 spiro atoms. The Hall–Kier alpha value is -2.01. The van der Waals surface area contributed by atoms with E-state index in [9.17, 15) is 0 Å². The molecule has 1 heterocycles. The fourth-order valence-electron chi connectivity index (χ4n) is 1.77. The molecule has 0 saturated heterocycles. The van der Waals surface area contributed by atoms with E-state index < -0.39 is 0 Å². The van der Waals surface area contributed by atoms with Gasteiger partial charge in [0.25, 0.3) is 0 Å². The average molecular weight is 319 g/mol. The predicted molar refractivity (Wildman–Crippen MR) is 76.9 cm³/mol. The first-order valence-corrected chi connectivity index (χ1v) is 6.54. The van der Waals surface area contributed by atoms with E-state index >= 15 is 0 Å². The molecule has 0 aliphatic carbocycles. The Morgan fingerprint density at radius 1 is 1.16 bits per heavy atom. The zero-order valence-corrected chi connectivity index (χ0v) is 11.6. The summed E-state index contributed by atoms with van der Waals surface area (Å²) in [6.07, 6.45) is 0. The summed E-state index contributed by atoms with van der Waals surface area (Å²) in [6, 6.07) is 13.0. The highest BCUT2D eigenvalue weighted by Crippen LogP contribution is 2.26. The van der Waals surface area contributed by atoms with E-state index in [1.54, 1.807) is 6.07 Å². The average Bonchev–Trinajstić information content (AvgIpc) is 2.82. The van der Waals surface area contributed by atoms with Gasteiger partial charge in [0.05, 0.1) is 10.2 Å². The van der Waals surface area contributed by atoms with Crippen molar-refractivity contribution in [3.05, 3.63) is 52.8 Å². The zero-order chi connectivity index (χ0) is 13.2. The largest absolute Gasteiger partial charge is 0.482 e. The van der Waals surface area contributed by atoms with Gasteiger partial charge >= 0.3 is 0 Å². The predicted octanol–water partition coefficient (Wildman–Crippen LogP) is 3.75. The van der Waals surface area contributed by atoms with Gasteiger partial charge in [-0.25, -0.2) is 4.98 Å². The number of oxazole rings is 1. The molecule has 0 aliphatic heterocycles. The number of fused-ring (bicyclic) bond motifs is 1. The van der Waals surface area contributed by atoms with Crippen LogP contribution >= 0.6 is 15.9 Å². The molecule has 0 fully saturated rings. The molecular formula is C14H11BrN2O2. The second-order valence-electron chi connectivity index (χ2n) is 4.02. The molecule has 0 radical (unpaired) electrons. The van der Waals surface area contributed by atoms with Crippen LogP contribution in [-0.2, 0) is 6.61 Å². The molecule has 0 atom stereocenters. The minimum Gasteiger partial charge on any atom is -0.482 e. The van der Waals surface area contributed by atoms with Crippen molar-refractivity contribution in [3.63, 3.8) is 0 Å². The standard InChI is InChI=1S/C14H11BrN2O2/c15-9-4-3-6-11-14(9)19-13(17-11)8-18-12-7-2-1-5-10(12)16/h1-7H,8,16H2. The van der Waals surface area contributed by atoms with E-state index in [-0.39, 0.29) is 6.61 Å². The Labute approximate surface area is 118 Å². The maximum atomic E-state index is 5.80. The molecule has 4 nitrogen and oxygen atoms in total. The van der Waals surface area contributed by atoms with Gasteiger partial charge in [-0.15, -0.1) is 0 Å². The number of benzene rings is 2. The number of ether oxygens (including phenoxy) is 1. The number of hydrogen-bond acceptors (Lipinski definition) is 4. The molecule has 0 unspecified atom stereocenters. The molecule has 3 rings (SSSR count). The van der Waals surface area contributed by atoms with Crippen molar-refractivity contribution < 1.29 is 9.15 Å². The van der Waals surface area contributed by atoms with Gasteiger partial charge in [-0.05, 0) is 40.2 Å². The summed E-state index contributed by atoms with van der Waals surface area (Å²) in [7, 11) is 0. The third kappa shape index (κ3) is 2.42. The van der Waals surface area contributed by atoms with Gasteiger partial charge in [0.2, 0.25) is 5.89 Å². The molecule has 0 amide bonds. The van der Waals surface area contributed by atoms with Crippen molar-refractivity contribution >= 4 is 32.7 Å². The smallest absolute Gasteiger partial charge is 0.233 e. The first-order chi connectivity index (χ1) is 9.24. The van der Waals surface area contributed by atoms with Crippen molar-refractivity contribution in [2.75, 3.05) is 5.73 Å². The van der Waals surface area contributed by atoms with E-state index in [1.165, 1.54) is 0 Å². The number of halogens is 1. The summed E-state index contributed by atoms with van der Waals surface area (Å²) in [5, 5.41) is 0. The highest BCUT2D eigenvalue weighted by Gasteiger charge is 2.09. The van der Waals surface area contributed by atoms with Crippen molar-refractivity contribution in [3.8, 4) is 5.75 Å². The lowest BCUT2D eigenvalue weighted by molar-refractivity contribution is 0.268. The van der Waals surface area contributed by atoms with Crippen LogP contribution in [-0.4, -0.2) is 4.98 Å². The molecule has 5 heteroatoms. The summed E-state index contributed by atoms with van der Waals surface area (Å²) in [4.78, 5) is 4.36. The van der Waals surface area contributed by atoms with Gasteiger partial charge in [-0.3, -0.25) is 0 Å². The van der Waals surface area contributed by atoms with Crippen LogP contribution in [0.4, 0.5) is 5.69 Å². The molecule has 3 aromatic rings. The van der Waals surface area contributed by atoms with Crippen LogP contribution in [0.5, 0.6) is 5.75 Å². The van der Waals surface area contributed by atoms with Crippen molar-refractivity contribution in [1.82, 2.24) is 4.98 Å². The lowest BCUT2D eigenvalue weighted by Crippen LogP contribution is -1.98. The third-order valence-corrected chi connectivity index (χ3v) is 3.31. The van der Waals surface area contributed by atoms with Crippen LogP contribution in [0.1, 0.15) is 5.89 Å². The van der Waals surface area contributed by atoms with Gasteiger partial charge in [-0.2, -0.15) is 0 Å². The van der Waals surface area contributed by atoms with Crippen molar-refractivity contribution in [2.45, 2.75) is 6.61 Å². The Morgan fingerprint density at radius 2 is 2.00 bits per heavy atom. The fourth-order valence-corrected chi connectivity index (χ4v) is 2.21. The molecule has 19 heavy (non-hydrogen) atoms. The molecule has 1 aromatic heterocycles. The van der Waals surface area contributed by atoms with E-state index in [0.717, 1.165) is 15.6 Å². The lowest BCUT2D eigenvalue weighted by Gasteiger charge is -2.05. The number of nitrogens with zero attached hydrogens (tertiary/aromatic N) is 1. The number of rotatable bonds is 3. The number of para-hydroxylation sites is 3. The highest BCUT2D eigenvalue weighted by molar-refractivity contribution is 9.10. The van der Waals surface area contributed by atoms with Crippen molar-refractivity contribution in [2.24, 2.45) is 0 Å². The summed E-state index contributed by atoms with van der Waals surface area (Å²) < 4.78 is 12.1. The Kier molecular flexibility index (Phi) is 3.13. The molecule has 2 N–H and O–H groups in total. The number of anilines is 1. The van der Waals surface area contributed by atoms with E-state index in [1.807, 2.05) is 36.4 Å². The number of nitrogens with two attached hydrogens (primary N) is 1. The molecule has 0 saturated carbocycles. The SMILES string of the molecule is Nc1ccccc1OCc1nc2cccc(Br)c2o1. The number of aromatic nitrogens is 1. The molecular weight excluding hydrogens is 308 g/mol. The van der Waals surface area contributed by atoms with Crippen LogP contribution in [0.3, 0.4) is 0 Å². The zero-order valence-electron chi connectivity index (χ0n) is 9.97. The van der Waals surface area contributed by atoms with E-state index in [0.29, 0.717) is 17.3 Å². The van der Waals surface area contributed by atoms with Crippen molar-refractivity contribution in [1.29, 1.82) is 0 Å². The Bertz CT molecular complexity index is 724. The Balaban J connectivity index is 1.83. The molecule has 0 aliphatic rings. The van der Waals surface area contributed by atoms with Gasteiger partial charge in [0.15, 0.2) is 12.2 Å². The summed E-state index contributed by atoms with van der Waals surface area (Å²) in [5.74, 6) is 1.15. The quantitative estimate of drug-likeness (QED) is 0.747. The first-order valence-electron chi connectivity index (χ1n) is 5.75. The topological polar surface area (TPSA) is 61.3 Å². The van der Waals surface area contributed by atoms with Crippen LogP contribution in [0.2, 0.25) is 0 Å². The highest BCUT2D eigenvalue weighted by atomic mass is 79.9. The van der Waals surface area contributed by atoms with E-state index in [4.69, 9.17) is 14.9 Å². The maximum Gasteiger partial charge on any atom is 0.233 e. The molecule has 0 bridgehead atoms. The monoisotopic (exact) mass is 318 g/mol. The van der Waals surface area contributed by atoms with Gasteiger partial charge in [0, 0.05) is 0 Å². The Morgan fingerprint density at radius 3 is 2.79 bits per heavy atom. The van der Waals surface area contributed by atoms with E-state index in [2.05, 4.69) is 20.9 Å². The third-order valence-electron chi connectivity index (χ3n) is 2.68. The van der Waals surface area contributed by atoms with Crippen LogP contribution in [0, 0.1) is 0 Å². The van der Waals surface area contributed by atoms with Gasteiger partial charge in [-0.1, -0.05) is 18.2 Å². The van der Waals surface area contributed by atoms with Crippen LogP contribution < -0.4 is 10.5 Å². The summed E-state index contributed by atoms with van der Waals surface area (Å²) in [5.41, 5.74) is 7.92. The summed E-state index contributed by atoms with van der Waals surface area (Å²) >= 11 is 3.42.